The maximum Gasteiger partial charge on any atom is 0.00800 e. The van der Waals surface area contributed by atoms with Crippen LogP contribution >= 0.6 is 25.3 Å². The molecule has 1 N–H and O–H groups in total. The van der Waals surface area contributed by atoms with Gasteiger partial charge in [-0.25, -0.2) is 0 Å². The molecule has 1 atom stereocenters. The van der Waals surface area contributed by atoms with E-state index in [1.807, 2.05) is 6.92 Å². The summed E-state index contributed by atoms with van der Waals surface area (Å²) in [5.41, 5.74) is 0. The van der Waals surface area contributed by atoms with Crippen molar-refractivity contribution >= 4 is 25.3 Å². The van der Waals surface area contributed by atoms with Crippen molar-refractivity contribution in [3.05, 3.63) is 0 Å². The average Bonchev–Trinajstić information content (AvgIpc) is 2.52. The van der Waals surface area contributed by atoms with E-state index in [0.29, 0.717) is 6.04 Å². The van der Waals surface area contributed by atoms with Crippen LogP contribution in [0.3, 0.4) is 0 Å². The van der Waals surface area contributed by atoms with Crippen LogP contribution in [0.4, 0.5) is 0 Å². The SMILES string of the molecule is CC(C)N1CCC[C@H](NCCS)CC1.CCS. The van der Waals surface area contributed by atoms with Crippen molar-refractivity contribution in [2.24, 2.45) is 0 Å². The molecular formula is C13H30N2S2. The van der Waals surface area contributed by atoms with Crippen LogP contribution in [0.5, 0.6) is 0 Å². The molecule has 0 amide bonds. The molecule has 104 valence electrons. The van der Waals surface area contributed by atoms with E-state index in [2.05, 4.69) is 49.3 Å². The predicted octanol–water partition coefficient (Wildman–Crippen LogP) is 2.70. The molecule has 1 rings (SSSR count). The molecule has 0 aliphatic carbocycles. The number of rotatable bonds is 4. The molecule has 0 unspecified atom stereocenters. The standard InChI is InChI=1S/C11H24N2S.C2H6S/c1-10(2)13-7-3-4-11(5-8-13)12-6-9-14;1-2-3/h10-12,14H,3-9H2,1-2H3;3H,2H2,1H3/t11-;/m0./s1. The van der Waals surface area contributed by atoms with Crippen LogP contribution in [-0.4, -0.2) is 48.1 Å². The number of nitrogens with one attached hydrogen (secondary N) is 1. The fourth-order valence-corrected chi connectivity index (χ4v) is 2.24. The summed E-state index contributed by atoms with van der Waals surface area (Å²) >= 11 is 8.01. The first-order valence-corrected chi connectivity index (χ1v) is 8.11. The van der Waals surface area contributed by atoms with Gasteiger partial charge in [0, 0.05) is 24.4 Å². The van der Waals surface area contributed by atoms with Crippen molar-refractivity contribution in [3.8, 4) is 0 Å². The van der Waals surface area contributed by atoms with Gasteiger partial charge < -0.3 is 10.2 Å². The maximum absolute atomic E-state index is 4.22. The number of nitrogens with zero attached hydrogens (tertiary/aromatic N) is 1. The van der Waals surface area contributed by atoms with Crippen molar-refractivity contribution < 1.29 is 0 Å². The van der Waals surface area contributed by atoms with Crippen molar-refractivity contribution in [2.75, 3.05) is 31.1 Å². The first-order valence-electron chi connectivity index (χ1n) is 6.84. The first kappa shape index (κ1) is 17.6. The minimum atomic E-state index is 0.707. The fourth-order valence-electron chi connectivity index (χ4n) is 2.11. The Hall–Kier alpha value is 0.620. The highest BCUT2D eigenvalue weighted by Gasteiger charge is 2.17. The Kier molecular flexibility index (Phi) is 12.1. The van der Waals surface area contributed by atoms with Gasteiger partial charge in [0.2, 0.25) is 0 Å². The third-order valence-electron chi connectivity index (χ3n) is 3.04. The van der Waals surface area contributed by atoms with E-state index in [0.717, 1.165) is 24.1 Å². The minimum Gasteiger partial charge on any atom is -0.313 e. The molecule has 0 aromatic rings. The lowest BCUT2D eigenvalue weighted by molar-refractivity contribution is 0.229. The van der Waals surface area contributed by atoms with Crippen molar-refractivity contribution in [1.82, 2.24) is 10.2 Å². The molecule has 0 bridgehead atoms. The highest BCUT2D eigenvalue weighted by Crippen LogP contribution is 2.13. The maximum atomic E-state index is 4.22. The van der Waals surface area contributed by atoms with Gasteiger partial charge in [-0.2, -0.15) is 25.3 Å². The fraction of sp³-hybridized carbons (Fsp3) is 1.00. The quantitative estimate of drug-likeness (QED) is 0.685. The summed E-state index contributed by atoms with van der Waals surface area (Å²) in [6, 6.07) is 1.43. The number of likely N-dealkylation sites (tertiary alicyclic amines) is 1. The molecule has 0 saturated carbocycles. The van der Waals surface area contributed by atoms with E-state index >= 15 is 0 Å². The Bertz CT molecular complexity index is 165. The monoisotopic (exact) mass is 278 g/mol. The Morgan fingerprint density at radius 1 is 1.24 bits per heavy atom. The zero-order valence-corrected chi connectivity index (χ0v) is 13.4. The third kappa shape index (κ3) is 9.23. The van der Waals surface area contributed by atoms with Crippen LogP contribution in [-0.2, 0) is 0 Å². The molecule has 1 aliphatic rings. The summed E-state index contributed by atoms with van der Waals surface area (Å²) in [7, 11) is 0. The van der Waals surface area contributed by atoms with E-state index in [1.54, 1.807) is 0 Å². The van der Waals surface area contributed by atoms with E-state index in [4.69, 9.17) is 0 Å². The number of hydrogen-bond acceptors (Lipinski definition) is 4. The van der Waals surface area contributed by atoms with Gasteiger partial charge in [-0.05, 0) is 52.0 Å². The van der Waals surface area contributed by atoms with Gasteiger partial charge in [0.25, 0.3) is 0 Å². The second-order valence-electron chi connectivity index (χ2n) is 4.75. The van der Waals surface area contributed by atoms with Gasteiger partial charge in [-0.3, -0.25) is 0 Å². The van der Waals surface area contributed by atoms with Crippen LogP contribution in [0.2, 0.25) is 0 Å². The molecule has 1 heterocycles. The van der Waals surface area contributed by atoms with E-state index < -0.39 is 0 Å². The summed E-state index contributed by atoms with van der Waals surface area (Å²) in [6.45, 7) is 10.2. The van der Waals surface area contributed by atoms with Gasteiger partial charge in [-0.1, -0.05) is 6.92 Å². The lowest BCUT2D eigenvalue weighted by Crippen LogP contribution is -2.34. The van der Waals surface area contributed by atoms with Crippen LogP contribution < -0.4 is 5.32 Å². The Morgan fingerprint density at radius 3 is 2.41 bits per heavy atom. The van der Waals surface area contributed by atoms with Crippen LogP contribution in [0.15, 0.2) is 0 Å². The molecule has 2 nitrogen and oxygen atoms in total. The van der Waals surface area contributed by atoms with Gasteiger partial charge in [-0.15, -0.1) is 0 Å². The summed E-state index contributed by atoms with van der Waals surface area (Å²) in [5, 5.41) is 3.57. The highest BCUT2D eigenvalue weighted by atomic mass is 32.1. The largest absolute Gasteiger partial charge is 0.313 e. The molecule has 1 aliphatic heterocycles. The average molecular weight is 279 g/mol. The Balaban J connectivity index is 0.000000770. The van der Waals surface area contributed by atoms with Crippen LogP contribution in [0.1, 0.15) is 40.0 Å². The van der Waals surface area contributed by atoms with Gasteiger partial charge in [0.15, 0.2) is 0 Å². The number of hydrogen-bond donors (Lipinski definition) is 3. The van der Waals surface area contributed by atoms with Crippen LogP contribution in [0, 0.1) is 0 Å². The molecule has 0 radical (unpaired) electrons. The second-order valence-corrected chi connectivity index (χ2v) is 5.83. The van der Waals surface area contributed by atoms with E-state index in [9.17, 15) is 0 Å². The lowest BCUT2D eigenvalue weighted by atomic mass is 10.1. The second kappa shape index (κ2) is 11.7. The van der Waals surface area contributed by atoms with Gasteiger partial charge in [0.1, 0.15) is 0 Å². The highest BCUT2D eigenvalue weighted by molar-refractivity contribution is 7.80. The minimum absolute atomic E-state index is 0.707. The van der Waals surface area contributed by atoms with Gasteiger partial charge >= 0.3 is 0 Å². The molecule has 0 spiro atoms. The lowest BCUT2D eigenvalue weighted by Gasteiger charge is -2.24. The Morgan fingerprint density at radius 2 is 1.88 bits per heavy atom. The van der Waals surface area contributed by atoms with E-state index in [-0.39, 0.29) is 0 Å². The van der Waals surface area contributed by atoms with E-state index in [1.165, 1.54) is 32.4 Å². The molecule has 0 aromatic carbocycles. The smallest absolute Gasteiger partial charge is 0.00800 e. The Labute approximate surface area is 119 Å². The summed E-state index contributed by atoms with van der Waals surface area (Å²) in [4.78, 5) is 2.59. The normalized spacial score (nSPS) is 21.9. The topological polar surface area (TPSA) is 15.3 Å². The summed E-state index contributed by atoms with van der Waals surface area (Å²) in [5.74, 6) is 1.89. The molecule has 1 saturated heterocycles. The molecule has 0 aromatic heterocycles. The third-order valence-corrected chi connectivity index (χ3v) is 3.26. The zero-order valence-electron chi connectivity index (χ0n) is 11.7. The molecule has 1 fully saturated rings. The van der Waals surface area contributed by atoms with Crippen molar-refractivity contribution in [1.29, 1.82) is 0 Å². The number of thiol groups is 2. The predicted molar refractivity (Wildman–Crippen MR) is 85.7 cm³/mol. The van der Waals surface area contributed by atoms with Crippen molar-refractivity contribution in [3.63, 3.8) is 0 Å². The summed E-state index contributed by atoms with van der Waals surface area (Å²) < 4.78 is 0. The molecule has 17 heavy (non-hydrogen) atoms. The molecular weight excluding hydrogens is 248 g/mol. The van der Waals surface area contributed by atoms with Gasteiger partial charge in [0.05, 0.1) is 0 Å². The molecule has 4 heteroatoms. The first-order chi connectivity index (χ1) is 8.15. The van der Waals surface area contributed by atoms with Crippen LogP contribution in [0.25, 0.3) is 0 Å². The summed E-state index contributed by atoms with van der Waals surface area (Å²) in [6.07, 6.45) is 3.96. The van der Waals surface area contributed by atoms with Crippen molar-refractivity contribution in [2.45, 2.75) is 52.1 Å². The zero-order chi connectivity index (χ0) is 13.1.